The summed E-state index contributed by atoms with van der Waals surface area (Å²) in [5.41, 5.74) is 2.05. The second-order valence-electron chi connectivity index (χ2n) is 5.77. The summed E-state index contributed by atoms with van der Waals surface area (Å²) in [7, 11) is 0. The lowest BCUT2D eigenvalue weighted by Gasteiger charge is -2.39. The summed E-state index contributed by atoms with van der Waals surface area (Å²) in [5, 5.41) is 3.36. The van der Waals surface area contributed by atoms with E-state index in [9.17, 15) is 4.79 Å². The number of nitrogens with zero attached hydrogens (tertiary/aromatic N) is 1. The Morgan fingerprint density at radius 1 is 1.30 bits per heavy atom. The highest BCUT2D eigenvalue weighted by molar-refractivity contribution is 5.97. The van der Waals surface area contributed by atoms with E-state index in [2.05, 4.69) is 38.2 Å². The number of benzene rings is 1. The molecule has 1 aliphatic rings. The van der Waals surface area contributed by atoms with Gasteiger partial charge < -0.3 is 10.2 Å². The number of hydrogen-bond acceptors (Lipinski definition) is 2. The highest BCUT2D eigenvalue weighted by atomic mass is 16.2. The largest absolute Gasteiger partial charge is 0.317 e. The zero-order chi connectivity index (χ0) is 14.6. The number of carbonyl (C=O) groups excluding carboxylic acids is 1. The Bertz CT molecular complexity index is 464. The minimum atomic E-state index is -0.176. The topological polar surface area (TPSA) is 32.3 Å². The summed E-state index contributed by atoms with van der Waals surface area (Å²) in [6.07, 6.45) is 2.82. The molecule has 110 valence electrons. The van der Waals surface area contributed by atoms with E-state index in [4.69, 9.17) is 0 Å². The molecule has 0 saturated carbocycles. The van der Waals surface area contributed by atoms with Crippen molar-refractivity contribution in [2.45, 2.75) is 40.0 Å². The summed E-state index contributed by atoms with van der Waals surface area (Å²) in [6.45, 7) is 8.91. The maximum atomic E-state index is 13.1. The smallest absolute Gasteiger partial charge is 0.233 e. The molecule has 1 amide bonds. The molecule has 1 aromatic rings. The number of rotatable bonds is 4. The number of hydrogen-bond donors (Lipinski definition) is 1. The summed E-state index contributed by atoms with van der Waals surface area (Å²) < 4.78 is 0. The Hall–Kier alpha value is -1.35. The molecule has 1 fully saturated rings. The van der Waals surface area contributed by atoms with E-state index in [1.54, 1.807) is 0 Å². The highest BCUT2D eigenvalue weighted by Crippen LogP contribution is 2.36. The van der Waals surface area contributed by atoms with Crippen LogP contribution in [0.25, 0.3) is 0 Å². The van der Waals surface area contributed by atoms with Crippen LogP contribution >= 0.6 is 0 Å². The van der Waals surface area contributed by atoms with E-state index in [0.717, 1.165) is 44.6 Å². The first-order valence-electron chi connectivity index (χ1n) is 7.72. The Balaban J connectivity index is 2.28. The quantitative estimate of drug-likeness (QED) is 0.915. The fourth-order valence-corrected chi connectivity index (χ4v) is 3.15. The third-order valence-corrected chi connectivity index (χ3v) is 4.57. The first-order valence-corrected chi connectivity index (χ1v) is 7.72. The predicted octanol–water partition coefficient (Wildman–Crippen LogP) is 3.13. The number of amides is 1. The third-order valence-electron chi connectivity index (χ3n) is 4.57. The SMILES string of the molecule is CCN(C(=O)C1(CC)CCNCC1)c1cccc(C)c1. The number of carbonyl (C=O) groups is 1. The Labute approximate surface area is 122 Å². The molecule has 1 heterocycles. The molecule has 0 radical (unpaired) electrons. The van der Waals surface area contributed by atoms with Gasteiger partial charge in [0.1, 0.15) is 0 Å². The van der Waals surface area contributed by atoms with Crippen LogP contribution in [0.15, 0.2) is 24.3 Å². The molecule has 1 aromatic carbocycles. The van der Waals surface area contributed by atoms with Crippen LogP contribution in [0.4, 0.5) is 5.69 Å². The van der Waals surface area contributed by atoms with Crippen LogP contribution in [0.1, 0.15) is 38.7 Å². The summed E-state index contributed by atoms with van der Waals surface area (Å²) in [6, 6.07) is 8.24. The van der Waals surface area contributed by atoms with Crippen LogP contribution in [0.2, 0.25) is 0 Å². The van der Waals surface area contributed by atoms with E-state index in [1.165, 1.54) is 5.56 Å². The molecule has 1 aliphatic heterocycles. The molecule has 0 unspecified atom stereocenters. The fourth-order valence-electron chi connectivity index (χ4n) is 3.15. The molecular formula is C17H26N2O. The minimum absolute atomic E-state index is 0.176. The van der Waals surface area contributed by atoms with Crippen molar-refractivity contribution < 1.29 is 4.79 Å². The molecule has 1 N–H and O–H groups in total. The zero-order valence-electron chi connectivity index (χ0n) is 12.9. The van der Waals surface area contributed by atoms with Crippen molar-refractivity contribution in [2.24, 2.45) is 5.41 Å². The molecule has 20 heavy (non-hydrogen) atoms. The molecule has 0 aliphatic carbocycles. The Kier molecular flexibility index (Phi) is 4.81. The van der Waals surface area contributed by atoms with E-state index in [1.807, 2.05) is 17.0 Å². The van der Waals surface area contributed by atoms with Gasteiger partial charge >= 0.3 is 0 Å². The highest BCUT2D eigenvalue weighted by Gasteiger charge is 2.40. The predicted molar refractivity (Wildman–Crippen MR) is 84.0 cm³/mol. The van der Waals surface area contributed by atoms with Gasteiger partial charge in [0.15, 0.2) is 0 Å². The first-order chi connectivity index (χ1) is 9.63. The van der Waals surface area contributed by atoms with E-state index < -0.39 is 0 Å². The van der Waals surface area contributed by atoms with Gasteiger partial charge in [-0.15, -0.1) is 0 Å². The standard InChI is InChI=1S/C17H26N2O/c1-4-17(9-11-18-12-10-17)16(20)19(5-2)15-8-6-7-14(3)13-15/h6-8,13,18H,4-5,9-12H2,1-3H3. The average Bonchev–Trinajstić information content (AvgIpc) is 2.48. The van der Waals surface area contributed by atoms with Crippen LogP contribution in [0.3, 0.4) is 0 Å². The molecule has 3 heteroatoms. The molecule has 0 bridgehead atoms. The van der Waals surface area contributed by atoms with Crippen LogP contribution in [-0.2, 0) is 4.79 Å². The van der Waals surface area contributed by atoms with Gasteiger partial charge in [-0.05, 0) is 63.9 Å². The van der Waals surface area contributed by atoms with Crippen molar-refractivity contribution in [2.75, 3.05) is 24.5 Å². The molecule has 2 rings (SSSR count). The third kappa shape index (κ3) is 2.88. The average molecular weight is 274 g/mol. The molecule has 0 spiro atoms. The first kappa shape index (κ1) is 15.0. The van der Waals surface area contributed by atoms with Crippen LogP contribution in [0.5, 0.6) is 0 Å². The lowest BCUT2D eigenvalue weighted by molar-refractivity contribution is -0.130. The van der Waals surface area contributed by atoms with Crippen molar-refractivity contribution in [3.05, 3.63) is 29.8 Å². The monoisotopic (exact) mass is 274 g/mol. The van der Waals surface area contributed by atoms with Gasteiger partial charge in [-0.1, -0.05) is 19.1 Å². The maximum Gasteiger partial charge on any atom is 0.233 e. The van der Waals surface area contributed by atoms with E-state index in [0.29, 0.717) is 5.91 Å². The molecule has 1 saturated heterocycles. The van der Waals surface area contributed by atoms with Gasteiger partial charge in [-0.2, -0.15) is 0 Å². The number of anilines is 1. The van der Waals surface area contributed by atoms with Gasteiger partial charge in [-0.25, -0.2) is 0 Å². The van der Waals surface area contributed by atoms with E-state index >= 15 is 0 Å². The minimum Gasteiger partial charge on any atom is -0.317 e. The fraction of sp³-hybridized carbons (Fsp3) is 0.588. The lowest BCUT2D eigenvalue weighted by atomic mass is 9.75. The van der Waals surface area contributed by atoms with Crippen molar-refractivity contribution in [1.82, 2.24) is 5.32 Å². The summed E-state index contributed by atoms with van der Waals surface area (Å²) >= 11 is 0. The second-order valence-corrected chi connectivity index (χ2v) is 5.77. The van der Waals surface area contributed by atoms with Gasteiger partial charge in [0, 0.05) is 12.2 Å². The Morgan fingerprint density at radius 3 is 2.55 bits per heavy atom. The van der Waals surface area contributed by atoms with Crippen molar-refractivity contribution in [3.63, 3.8) is 0 Å². The van der Waals surface area contributed by atoms with Crippen molar-refractivity contribution >= 4 is 11.6 Å². The van der Waals surface area contributed by atoms with Crippen molar-refractivity contribution in [1.29, 1.82) is 0 Å². The van der Waals surface area contributed by atoms with Gasteiger partial charge in [0.2, 0.25) is 5.91 Å². The van der Waals surface area contributed by atoms with Gasteiger partial charge in [-0.3, -0.25) is 4.79 Å². The normalized spacial score (nSPS) is 17.8. The molecule has 0 atom stereocenters. The van der Waals surface area contributed by atoms with Crippen LogP contribution < -0.4 is 10.2 Å². The van der Waals surface area contributed by atoms with Gasteiger partial charge in [0.05, 0.1) is 5.41 Å². The van der Waals surface area contributed by atoms with Crippen molar-refractivity contribution in [3.8, 4) is 0 Å². The molecule has 3 nitrogen and oxygen atoms in total. The maximum absolute atomic E-state index is 13.1. The lowest BCUT2D eigenvalue weighted by Crippen LogP contribution is -2.49. The van der Waals surface area contributed by atoms with Gasteiger partial charge in [0.25, 0.3) is 0 Å². The Morgan fingerprint density at radius 2 is 2.00 bits per heavy atom. The zero-order valence-corrected chi connectivity index (χ0v) is 12.9. The van der Waals surface area contributed by atoms with Crippen LogP contribution in [-0.4, -0.2) is 25.5 Å². The molecular weight excluding hydrogens is 248 g/mol. The number of piperidine rings is 1. The van der Waals surface area contributed by atoms with E-state index in [-0.39, 0.29) is 5.41 Å². The summed E-state index contributed by atoms with van der Waals surface area (Å²) in [5.74, 6) is 0.301. The number of nitrogens with one attached hydrogen (secondary N) is 1. The van der Waals surface area contributed by atoms with Crippen LogP contribution in [0, 0.1) is 12.3 Å². The number of aryl methyl sites for hydroxylation is 1. The molecule has 0 aromatic heterocycles. The summed E-state index contributed by atoms with van der Waals surface area (Å²) in [4.78, 5) is 15.1. The second kappa shape index (κ2) is 6.40.